The summed E-state index contributed by atoms with van der Waals surface area (Å²) in [4.78, 5) is 26.3. The number of ether oxygens (including phenoxy) is 1. The van der Waals surface area contributed by atoms with Crippen molar-refractivity contribution >= 4 is 28.7 Å². The number of carbonyl (C=O) groups is 1. The topological polar surface area (TPSA) is 91.9 Å². The number of oxazole rings is 1. The minimum Gasteiger partial charge on any atom is -0.480 e. The number of fused-ring (bicyclic) bond motifs is 1. The zero-order valence-corrected chi connectivity index (χ0v) is 28.4. The van der Waals surface area contributed by atoms with Gasteiger partial charge < -0.3 is 14.3 Å². The lowest BCUT2D eigenvalue weighted by Gasteiger charge is -2.38. The normalized spacial score (nSPS) is 22.8. The fraction of sp³-hybridized carbons (Fsp3) is 0.375. The van der Waals surface area contributed by atoms with Crippen LogP contribution in [0.15, 0.2) is 77.9 Å². The lowest BCUT2D eigenvalue weighted by atomic mass is 9.65. The molecule has 3 aliphatic rings. The van der Waals surface area contributed by atoms with Crippen molar-refractivity contribution in [1.82, 2.24) is 19.8 Å². The molecule has 0 bridgehead atoms. The molecule has 1 aliphatic carbocycles. The van der Waals surface area contributed by atoms with Crippen molar-refractivity contribution in [2.75, 3.05) is 19.6 Å². The standard InChI is InChI=1S/C40H42F2N4O4/c1-4-27-20-36(43-22-29(27)23-45-16-7-8-17-45)40(15-9-13-31(26(40)3)30-12-6-5-11-25(30)2)38-44-32-19-28(24-46-18-10-14-33(46)37(47)48)34(50-39(41)42)21-35(32)49-38/h4-6,9,11-13,15,19-22,26,33,39H,1,7-8,10,14,16-18,23-24H2,2-3H3,(H,47,48)/t26?,33-,40?/m0/s1. The molecule has 0 saturated carbocycles. The summed E-state index contributed by atoms with van der Waals surface area (Å²) in [6.45, 7) is 8.88. The Morgan fingerprint density at radius 2 is 1.94 bits per heavy atom. The van der Waals surface area contributed by atoms with Crippen LogP contribution in [0, 0.1) is 12.8 Å². The van der Waals surface area contributed by atoms with Crippen molar-refractivity contribution in [3.63, 3.8) is 0 Å². The Morgan fingerprint density at radius 1 is 1.14 bits per heavy atom. The number of halogens is 2. The molecule has 2 saturated heterocycles. The van der Waals surface area contributed by atoms with Gasteiger partial charge in [-0.1, -0.05) is 62.1 Å². The first-order valence-electron chi connectivity index (χ1n) is 17.3. The van der Waals surface area contributed by atoms with Gasteiger partial charge in [-0.3, -0.25) is 19.6 Å². The summed E-state index contributed by atoms with van der Waals surface area (Å²) in [7, 11) is 0. The van der Waals surface area contributed by atoms with Crippen LogP contribution < -0.4 is 4.74 Å². The van der Waals surface area contributed by atoms with Gasteiger partial charge in [-0.05, 0) is 92.2 Å². The predicted octanol–water partition coefficient (Wildman–Crippen LogP) is 8.00. The van der Waals surface area contributed by atoms with Crippen LogP contribution in [0.2, 0.25) is 0 Å². The molecule has 2 fully saturated rings. The number of benzene rings is 2. The van der Waals surface area contributed by atoms with Gasteiger partial charge in [0.2, 0.25) is 5.89 Å². The number of hydrogen-bond donors (Lipinski definition) is 1. The molecule has 2 aliphatic heterocycles. The maximum atomic E-state index is 13.7. The third kappa shape index (κ3) is 6.26. The van der Waals surface area contributed by atoms with Crippen molar-refractivity contribution in [3.8, 4) is 5.75 Å². The zero-order valence-electron chi connectivity index (χ0n) is 28.4. The molecule has 0 amide bonds. The van der Waals surface area contributed by atoms with Gasteiger partial charge in [-0.2, -0.15) is 8.78 Å². The number of hydrogen-bond acceptors (Lipinski definition) is 7. The summed E-state index contributed by atoms with van der Waals surface area (Å²) in [5.41, 5.74) is 6.35. The largest absolute Gasteiger partial charge is 0.480 e. The van der Waals surface area contributed by atoms with Crippen LogP contribution in [0.25, 0.3) is 22.7 Å². The van der Waals surface area contributed by atoms with Crippen LogP contribution >= 0.6 is 0 Å². The molecule has 0 spiro atoms. The van der Waals surface area contributed by atoms with E-state index in [9.17, 15) is 18.7 Å². The first-order valence-corrected chi connectivity index (χ1v) is 17.3. The van der Waals surface area contributed by atoms with Crippen molar-refractivity contribution in [3.05, 3.63) is 113 Å². The highest BCUT2D eigenvalue weighted by molar-refractivity contribution is 5.79. The molecule has 7 rings (SSSR count). The number of rotatable bonds is 11. The Morgan fingerprint density at radius 3 is 2.68 bits per heavy atom. The summed E-state index contributed by atoms with van der Waals surface area (Å²) in [6.07, 6.45) is 13.6. The second-order valence-electron chi connectivity index (χ2n) is 13.6. The van der Waals surface area contributed by atoms with Crippen LogP contribution in [-0.2, 0) is 23.3 Å². The summed E-state index contributed by atoms with van der Waals surface area (Å²) in [5.74, 6) is -0.825. The molecule has 0 radical (unpaired) electrons. The average Bonchev–Trinajstić information content (AvgIpc) is 3.87. The van der Waals surface area contributed by atoms with Gasteiger partial charge >= 0.3 is 12.6 Å². The van der Waals surface area contributed by atoms with Gasteiger partial charge in [-0.25, -0.2) is 4.98 Å². The molecule has 10 heteroatoms. The van der Waals surface area contributed by atoms with Crippen molar-refractivity contribution in [1.29, 1.82) is 0 Å². The number of aromatic nitrogens is 2. The van der Waals surface area contributed by atoms with Gasteiger partial charge in [0.05, 0.1) is 5.69 Å². The van der Waals surface area contributed by atoms with Crippen LogP contribution in [0.3, 0.4) is 0 Å². The van der Waals surface area contributed by atoms with Gasteiger partial charge in [0.25, 0.3) is 0 Å². The Hall–Kier alpha value is -4.67. The van der Waals surface area contributed by atoms with Gasteiger partial charge in [0, 0.05) is 36.8 Å². The quantitative estimate of drug-likeness (QED) is 0.171. The zero-order chi connectivity index (χ0) is 35.0. The molecular weight excluding hydrogens is 638 g/mol. The van der Waals surface area contributed by atoms with E-state index in [1.807, 2.05) is 30.5 Å². The number of carboxylic acids is 1. The summed E-state index contributed by atoms with van der Waals surface area (Å²) in [6, 6.07) is 12.8. The van der Waals surface area contributed by atoms with E-state index in [1.54, 1.807) is 11.0 Å². The fourth-order valence-corrected chi connectivity index (χ4v) is 7.98. The Bertz CT molecular complexity index is 1980. The second kappa shape index (κ2) is 13.9. The van der Waals surface area contributed by atoms with Crippen LogP contribution in [0.1, 0.15) is 72.0 Å². The number of allylic oxidation sites excluding steroid dienone is 4. The third-order valence-corrected chi connectivity index (χ3v) is 10.7. The maximum absolute atomic E-state index is 13.7. The minimum atomic E-state index is -3.07. The molecule has 4 aromatic rings. The average molecular weight is 681 g/mol. The lowest BCUT2D eigenvalue weighted by molar-refractivity contribution is -0.142. The highest BCUT2D eigenvalue weighted by atomic mass is 19.3. The fourth-order valence-electron chi connectivity index (χ4n) is 7.98. The number of likely N-dealkylation sites (tertiary alicyclic amines) is 2. The predicted molar refractivity (Wildman–Crippen MR) is 189 cm³/mol. The van der Waals surface area contributed by atoms with Crippen LogP contribution in [-0.4, -0.2) is 63.1 Å². The molecule has 2 unspecified atom stereocenters. The molecule has 50 heavy (non-hydrogen) atoms. The molecule has 2 aromatic carbocycles. The maximum Gasteiger partial charge on any atom is 0.387 e. The Balaban J connectivity index is 1.37. The third-order valence-electron chi connectivity index (χ3n) is 10.7. The van der Waals surface area contributed by atoms with Crippen LogP contribution in [0.4, 0.5) is 8.78 Å². The van der Waals surface area contributed by atoms with E-state index in [4.69, 9.17) is 19.1 Å². The Labute approximate surface area is 290 Å². The van der Waals surface area contributed by atoms with E-state index in [0.717, 1.165) is 53.2 Å². The number of pyridine rings is 1. The van der Waals surface area contributed by atoms with E-state index in [0.29, 0.717) is 36.4 Å². The highest BCUT2D eigenvalue weighted by Gasteiger charge is 2.47. The van der Waals surface area contributed by atoms with Gasteiger partial charge in [-0.15, -0.1) is 0 Å². The number of aryl methyl sites for hydroxylation is 1. The minimum absolute atomic E-state index is 0.0636. The van der Waals surface area contributed by atoms with E-state index < -0.39 is 24.0 Å². The molecule has 260 valence electrons. The van der Waals surface area contributed by atoms with Crippen LogP contribution in [0.5, 0.6) is 5.75 Å². The number of alkyl halides is 2. The van der Waals surface area contributed by atoms with Gasteiger partial charge in [0.1, 0.15) is 22.7 Å². The number of aliphatic carboxylic acids is 1. The van der Waals surface area contributed by atoms with Gasteiger partial charge in [0.15, 0.2) is 5.58 Å². The van der Waals surface area contributed by atoms with E-state index in [2.05, 4.69) is 55.7 Å². The Kier molecular flexibility index (Phi) is 9.41. The lowest BCUT2D eigenvalue weighted by Crippen LogP contribution is -2.37. The first kappa shape index (κ1) is 33.8. The van der Waals surface area contributed by atoms with E-state index >= 15 is 0 Å². The SMILES string of the molecule is C=Cc1cc(C2(c3nc4cc(CN5CCC[C@H]5C(=O)O)c(OC(F)F)cc4o3)C=CC=C(c3ccccc3C)C2C)ncc1CN1CCCC1. The smallest absolute Gasteiger partial charge is 0.387 e. The number of nitrogens with zero attached hydrogens (tertiary/aromatic N) is 4. The summed E-state index contributed by atoms with van der Waals surface area (Å²) in [5, 5.41) is 9.76. The van der Waals surface area contributed by atoms with Crippen molar-refractivity contribution in [2.45, 2.75) is 70.7 Å². The monoisotopic (exact) mass is 680 g/mol. The van der Waals surface area contributed by atoms with E-state index in [-0.39, 0.29) is 23.8 Å². The van der Waals surface area contributed by atoms with E-state index in [1.165, 1.54) is 18.9 Å². The first-order chi connectivity index (χ1) is 24.2. The molecule has 2 aromatic heterocycles. The summed E-state index contributed by atoms with van der Waals surface area (Å²) >= 11 is 0. The second-order valence-corrected chi connectivity index (χ2v) is 13.6. The molecule has 3 atom stereocenters. The highest BCUT2D eigenvalue weighted by Crippen LogP contribution is 2.49. The summed E-state index contributed by atoms with van der Waals surface area (Å²) < 4.78 is 39.0. The molecule has 8 nitrogen and oxygen atoms in total. The molecular formula is C40H42F2N4O4. The number of carboxylic acid groups (broad SMARTS) is 1. The van der Waals surface area contributed by atoms with Crippen molar-refractivity contribution in [2.24, 2.45) is 5.92 Å². The van der Waals surface area contributed by atoms with Crippen molar-refractivity contribution < 1.29 is 27.8 Å². The molecule has 1 N–H and O–H groups in total. The molecule has 4 heterocycles.